The average Bonchev–Trinajstić information content (AvgIpc) is 2.66. The van der Waals surface area contributed by atoms with Gasteiger partial charge in [-0.2, -0.15) is 0 Å². The first-order valence-electron chi connectivity index (χ1n) is 6.48. The van der Waals surface area contributed by atoms with E-state index in [0.29, 0.717) is 6.04 Å². The fourth-order valence-corrected chi connectivity index (χ4v) is 3.01. The molecule has 0 aliphatic rings. The number of rotatable bonds is 7. The lowest BCUT2D eigenvalue weighted by atomic mass is 9.91. The van der Waals surface area contributed by atoms with Gasteiger partial charge < -0.3 is 5.32 Å². The summed E-state index contributed by atoms with van der Waals surface area (Å²) in [6.45, 7) is 10.2. The molecule has 2 atom stereocenters. The molecule has 16 heavy (non-hydrogen) atoms. The number of nitrogens with one attached hydrogen (secondary N) is 1. The third-order valence-corrected chi connectivity index (χ3v) is 4.02. The van der Waals surface area contributed by atoms with Crippen LogP contribution in [0.4, 0.5) is 0 Å². The van der Waals surface area contributed by atoms with Crippen LogP contribution >= 0.6 is 11.3 Å². The largest absolute Gasteiger partial charge is 0.310 e. The fourth-order valence-electron chi connectivity index (χ4n) is 2.26. The lowest BCUT2D eigenvalue weighted by molar-refractivity contribution is 0.363. The van der Waals surface area contributed by atoms with Gasteiger partial charge in [-0.1, -0.05) is 27.2 Å². The summed E-state index contributed by atoms with van der Waals surface area (Å²) in [4.78, 5) is 1.47. The third kappa shape index (κ3) is 3.60. The fraction of sp³-hybridized carbons (Fsp3) is 0.714. The summed E-state index contributed by atoms with van der Waals surface area (Å²) in [7, 11) is 0. The summed E-state index contributed by atoms with van der Waals surface area (Å²) in [6, 6.07) is 2.84. The number of hydrogen-bond acceptors (Lipinski definition) is 2. The van der Waals surface area contributed by atoms with E-state index in [-0.39, 0.29) is 0 Å². The van der Waals surface area contributed by atoms with Crippen LogP contribution in [0.3, 0.4) is 0 Å². The first-order valence-corrected chi connectivity index (χ1v) is 7.36. The highest BCUT2D eigenvalue weighted by Gasteiger charge is 2.19. The predicted octanol–water partition coefficient (Wildman–Crippen LogP) is 4.53. The molecule has 0 radical (unpaired) electrons. The van der Waals surface area contributed by atoms with Gasteiger partial charge in [-0.25, -0.2) is 0 Å². The molecule has 92 valence electrons. The van der Waals surface area contributed by atoms with Crippen LogP contribution in [-0.2, 0) is 0 Å². The van der Waals surface area contributed by atoms with Crippen LogP contribution < -0.4 is 5.32 Å². The van der Waals surface area contributed by atoms with Gasteiger partial charge in [-0.05, 0) is 49.2 Å². The SMILES string of the molecule is CCCNC(c1ccsc1C)C(C)CCC. The second-order valence-electron chi connectivity index (χ2n) is 4.63. The van der Waals surface area contributed by atoms with Crippen molar-refractivity contribution in [2.24, 2.45) is 5.92 Å². The van der Waals surface area contributed by atoms with E-state index in [9.17, 15) is 0 Å². The highest BCUT2D eigenvalue weighted by atomic mass is 32.1. The molecule has 2 unspecified atom stereocenters. The van der Waals surface area contributed by atoms with Crippen molar-refractivity contribution in [3.8, 4) is 0 Å². The maximum Gasteiger partial charge on any atom is 0.0356 e. The molecule has 1 N–H and O–H groups in total. The summed E-state index contributed by atoms with van der Waals surface area (Å²) in [5, 5.41) is 5.92. The molecule has 0 aliphatic carbocycles. The number of hydrogen-bond donors (Lipinski definition) is 1. The zero-order chi connectivity index (χ0) is 12.0. The Morgan fingerprint density at radius 2 is 2.06 bits per heavy atom. The van der Waals surface area contributed by atoms with Crippen molar-refractivity contribution >= 4 is 11.3 Å². The lowest BCUT2D eigenvalue weighted by Gasteiger charge is -2.25. The second kappa shape index (κ2) is 7.08. The van der Waals surface area contributed by atoms with E-state index >= 15 is 0 Å². The normalized spacial score (nSPS) is 15.0. The first-order chi connectivity index (χ1) is 7.70. The molecule has 2 heteroatoms. The van der Waals surface area contributed by atoms with Crippen LogP contribution in [0.1, 0.15) is 56.5 Å². The molecular weight excluding hydrogens is 214 g/mol. The molecule has 1 aromatic heterocycles. The summed E-state index contributed by atoms with van der Waals surface area (Å²) in [6.07, 6.45) is 3.78. The van der Waals surface area contributed by atoms with Crippen LogP contribution in [0.15, 0.2) is 11.4 Å². The average molecular weight is 239 g/mol. The minimum Gasteiger partial charge on any atom is -0.310 e. The van der Waals surface area contributed by atoms with Gasteiger partial charge in [0.15, 0.2) is 0 Å². The van der Waals surface area contributed by atoms with Crippen molar-refractivity contribution in [3.05, 3.63) is 21.9 Å². The highest BCUT2D eigenvalue weighted by Crippen LogP contribution is 2.30. The van der Waals surface area contributed by atoms with Gasteiger partial charge in [0, 0.05) is 10.9 Å². The molecule has 0 spiro atoms. The van der Waals surface area contributed by atoms with Crippen LogP contribution in [0.25, 0.3) is 0 Å². The van der Waals surface area contributed by atoms with Gasteiger partial charge >= 0.3 is 0 Å². The third-order valence-electron chi connectivity index (χ3n) is 3.16. The van der Waals surface area contributed by atoms with Crippen molar-refractivity contribution in [3.63, 3.8) is 0 Å². The molecule has 0 saturated carbocycles. The Bertz CT molecular complexity index is 293. The Labute approximate surface area is 104 Å². The number of aryl methyl sites for hydroxylation is 1. The van der Waals surface area contributed by atoms with Gasteiger partial charge in [0.05, 0.1) is 0 Å². The molecule has 1 aromatic rings. The van der Waals surface area contributed by atoms with E-state index in [0.717, 1.165) is 12.5 Å². The monoisotopic (exact) mass is 239 g/mol. The van der Waals surface area contributed by atoms with Crippen LogP contribution in [0.5, 0.6) is 0 Å². The van der Waals surface area contributed by atoms with Crippen molar-refractivity contribution in [2.45, 2.75) is 53.0 Å². The minimum absolute atomic E-state index is 0.547. The predicted molar refractivity (Wildman–Crippen MR) is 74.2 cm³/mol. The molecule has 0 amide bonds. The Balaban J connectivity index is 2.74. The topological polar surface area (TPSA) is 12.0 Å². The van der Waals surface area contributed by atoms with E-state index in [2.05, 4.69) is 44.5 Å². The van der Waals surface area contributed by atoms with Crippen LogP contribution in [0, 0.1) is 12.8 Å². The summed E-state index contributed by atoms with van der Waals surface area (Å²) in [5.74, 6) is 0.727. The maximum absolute atomic E-state index is 3.70. The van der Waals surface area contributed by atoms with Gasteiger partial charge in [0.25, 0.3) is 0 Å². The Kier molecular flexibility index (Phi) is 6.07. The molecular formula is C14H25NS. The van der Waals surface area contributed by atoms with E-state index in [1.54, 1.807) is 0 Å². The highest BCUT2D eigenvalue weighted by molar-refractivity contribution is 7.10. The zero-order valence-corrected chi connectivity index (χ0v) is 11.9. The first kappa shape index (κ1) is 13.7. The Morgan fingerprint density at radius 3 is 2.56 bits per heavy atom. The quantitative estimate of drug-likeness (QED) is 0.737. The van der Waals surface area contributed by atoms with Gasteiger partial charge in [-0.15, -0.1) is 11.3 Å². The van der Waals surface area contributed by atoms with Crippen molar-refractivity contribution in [2.75, 3.05) is 6.54 Å². The maximum atomic E-state index is 3.70. The van der Waals surface area contributed by atoms with E-state index < -0.39 is 0 Å². The molecule has 0 fully saturated rings. The van der Waals surface area contributed by atoms with Gasteiger partial charge in [-0.3, -0.25) is 0 Å². The van der Waals surface area contributed by atoms with Crippen molar-refractivity contribution < 1.29 is 0 Å². The second-order valence-corrected chi connectivity index (χ2v) is 5.75. The van der Waals surface area contributed by atoms with E-state index in [1.165, 1.54) is 29.7 Å². The molecule has 0 aromatic carbocycles. The lowest BCUT2D eigenvalue weighted by Crippen LogP contribution is -2.27. The summed E-state index contributed by atoms with van der Waals surface area (Å²) in [5.41, 5.74) is 1.51. The van der Waals surface area contributed by atoms with Crippen molar-refractivity contribution in [1.29, 1.82) is 0 Å². The molecule has 0 aliphatic heterocycles. The molecule has 0 bridgehead atoms. The van der Waals surface area contributed by atoms with Gasteiger partial charge in [0.1, 0.15) is 0 Å². The van der Waals surface area contributed by atoms with E-state index in [4.69, 9.17) is 0 Å². The Morgan fingerprint density at radius 1 is 1.31 bits per heavy atom. The van der Waals surface area contributed by atoms with Crippen LogP contribution in [0.2, 0.25) is 0 Å². The summed E-state index contributed by atoms with van der Waals surface area (Å²) >= 11 is 1.86. The van der Waals surface area contributed by atoms with Crippen LogP contribution in [-0.4, -0.2) is 6.54 Å². The van der Waals surface area contributed by atoms with Crippen molar-refractivity contribution in [1.82, 2.24) is 5.32 Å². The zero-order valence-electron chi connectivity index (χ0n) is 11.0. The molecule has 1 heterocycles. The summed E-state index contributed by atoms with van der Waals surface area (Å²) < 4.78 is 0. The minimum atomic E-state index is 0.547. The standard InChI is InChI=1S/C14H25NS/c1-5-7-11(3)14(15-9-6-2)13-8-10-16-12(13)4/h8,10-11,14-15H,5-7,9H2,1-4H3. The molecule has 1 rings (SSSR count). The smallest absolute Gasteiger partial charge is 0.0356 e. The van der Waals surface area contributed by atoms with Gasteiger partial charge in [0.2, 0.25) is 0 Å². The molecule has 0 saturated heterocycles. The number of thiophene rings is 1. The van der Waals surface area contributed by atoms with E-state index in [1.807, 2.05) is 11.3 Å². The molecule has 1 nitrogen and oxygen atoms in total. The Hall–Kier alpha value is -0.340.